The third-order valence-corrected chi connectivity index (χ3v) is 3.45. The number of fused-ring (bicyclic) bond motifs is 1. The Labute approximate surface area is 124 Å². The zero-order chi connectivity index (χ0) is 15.9. The molecule has 1 N–H and O–H groups in total. The van der Waals surface area contributed by atoms with Crippen LogP contribution in [0.25, 0.3) is 11.2 Å². The molecule has 0 aliphatic rings. The van der Waals surface area contributed by atoms with Gasteiger partial charge in [0.25, 0.3) is 0 Å². The number of nitrogens with zero attached hydrogens (tertiary/aromatic N) is 5. The number of aromatic nitrogens is 4. The zero-order valence-corrected chi connectivity index (χ0v) is 12.0. The minimum Gasteiger partial charge on any atom is -0.424 e. The number of hydrogen-bond acceptors (Lipinski definition) is 6. The van der Waals surface area contributed by atoms with Crippen LogP contribution in [-0.4, -0.2) is 31.5 Å². The summed E-state index contributed by atoms with van der Waals surface area (Å²) in [5.74, 6) is 0.311. The molecule has 8 nitrogen and oxygen atoms in total. The number of rotatable bonds is 2. The Bertz CT molecular complexity index is 962. The first-order chi connectivity index (χ1) is 10.5. The van der Waals surface area contributed by atoms with Crippen LogP contribution in [0.5, 0.6) is 0 Å². The molecule has 3 aromatic rings. The molecule has 22 heavy (non-hydrogen) atoms. The van der Waals surface area contributed by atoms with Crippen molar-refractivity contribution in [1.82, 2.24) is 19.3 Å². The second-order valence-corrected chi connectivity index (χ2v) is 4.75. The van der Waals surface area contributed by atoms with Crippen molar-refractivity contribution in [2.45, 2.75) is 0 Å². The molecule has 0 radical (unpaired) electrons. The van der Waals surface area contributed by atoms with E-state index in [1.807, 2.05) is 30.3 Å². The summed E-state index contributed by atoms with van der Waals surface area (Å²) in [4.78, 5) is 33.4. The normalized spacial score (nSPS) is 10.8. The lowest BCUT2D eigenvalue weighted by Gasteiger charge is -2.20. The summed E-state index contributed by atoms with van der Waals surface area (Å²) in [6.07, 6.45) is 1.28. The van der Waals surface area contributed by atoms with Crippen molar-refractivity contribution >= 4 is 22.7 Å². The minimum atomic E-state index is -1.05. The quantitative estimate of drug-likeness (QED) is 0.547. The molecule has 2 aromatic heterocycles. The van der Waals surface area contributed by atoms with Crippen molar-refractivity contribution < 1.29 is 5.21 Å². The van der Waals surface area contributed by atoms with Gasteiger partial charge >= 0.3 is 11.1 Å². The van der Waals surface area contributed by atoms with E-state index in [-0.39, 0.29) is 11.2 Å². The van der Waals surface area contributed by atoms with Gasteiger partial charge in [0.2, 0.25) is 0 Å². The monoisotopic (exact) mass is 299 g/mol. The summed E-state index contributed by atoms with van der Waals surface area (Å²) in [5.41, 5.74) is -0.862. The third kappa shape index (κ3) is 1.93. The summed E-state index contributed by atoms with van der Waals surface area (Å²) < 4.78 is 1.39. The number of hydrogen-bond donors (Lipinski definition) is 1. The van der Waals surface area contributed by atoms with E-state index in [1.165, 1.54) is 13.4 Å². The van der Waals surface area contributed by atoms with E-state index in [0.29, 0.717) is 10.5 Å². The highest BCUT2D eigenvalue weighted by Gasteiger charge is 2.18. The Morgan fingerprint density at radius 2 is 1.77 bits per heavy atom. The maximum Gasteiger partial charge on any atom is 0.349 e. The van der Waals surface area contributed by atoms with Crippen LogP contribution >= 0.6 is 0 Å². The predicted octanol–water partition coefficient (Wildman–Crippen LogP) is 0.495. The van der Waals surface area contributed by atoms with Gasteiger partial charge in [-0.05, 0) is 12.1 Å². The molecule has 8 heteroatoms. The number of aryl methyl sites for hydroxylation is 1. The van der Waals surface area contributed by atoms with Gasteiger partial charge in [-0.15, -0.1) is 4.73 Å². The number of para-hydroxylation sites is 1. The van der Waals surface area contributed by atoms with E-state index in [4.69, 9.17) is 0 Å². The summed E-state index contributed by atoms with van der Waals surface area (Å²) in [5, 5.41) is 10.0. The summed E-state index contributed by atoms with van der Waals surface area (Å²) in [7, 11) is 3.16. The maximum atomic E-state index is 11.8. The predicted molar refractivity (Wildman–Crippen MR) is 80.7 cm³/mol. The highest BCUT2D eigenvalue weighted by Crippen LogP contribution is 2.25. The van der Waals surface area contributed by atoms with Gasteiger partial charge in [-0.2, -0.15) is 0 Å². The lowest BCUT2D eigenvalue weighted by molar-refractivity contribution is 0.185. The Morgan fingerprint density at radius 1 is 1.09 bits per heavy atom. The standard InChI is InChI=1S/C14H13N5O3/c1-17(9-6-4-3-5-7-9)11-10-12(16-8-15-11)18(2)13(20)14(21)19(10)22/h3-8,22H,1-2H3. The van der Waals surface area contributed by atoms with Gasteiger partial charge in [0, 0.05) is 19.8 Å². The van der Waals surface area contributed by atoms with E-state index >= 15 is 0 Å². The molecule has 0 saturated carbocycles. The van der Waals surface area contributed by atoms with Gasteiger partial charge < -0.3 is 10.1 Å². The molecule has 0 aliphatic heterocycles. The molecule has 112 valence electrons. The number of benzene rings is 1. The van der Waals surface area contributed by atoms with E-state index < -0.39 is 11.1 Å². The van der Waals surface area contributed by atoms with E-state index in [0.717, 1.165) is 10.3 Å². The van der Waals surface area contributed by atoms with Gasteiger partial charge in [0.15, 0.2) is 17.0 Å². The first-order valence-corrected chi connectivity index (χ1v) is 6.47. The SMILES string of the molecule is CN(c1ccccc1)c1ncnc2c1n(O)c(=O)c(=O)n2C. The molecule has 0 unspecified atom stereocenters. The van der Waals surface area contributed by atoms with E-state index in [9.17, 15) is 14.8 Å². The Kier molecular flexibility index (Phi) is 3.13. The van der Waals surface area contributed by atoms with Gasteiger partial charge in [0.05, 0.1) is 0 Å². The second kappa shape index (κ2) is 4.99. The lowest BCUT2D eigenvalue weighted by atomic mass is 10.3. The van der Waals surface area contributed by atoms with Gasteiger partial charge in [0.1, 0.15) is 6.33 Å². The molecule has 0 aliphatic carbocycles. The molecule has 1 aromatic carbocycles. The Hall–Kier alpha value is -3.16. The first-order valence-electron chi connectivity index (χ1n) is 6.47. The Balaban J connectivity index is 2.37. The fourth-order valence-corrected chi connectivity index (χ4v) is 2.25. The molecular weight excluding hydrogens is 286 g/mol. The molecule has 0 atom stereocenters. The average molecular weight is 299 g/mol. The Morgan fingerprint density at radius 3 is 2.45 bits per heavy atom. The van der Waals surface area contributed by atoms with Crippen molar-refractivity contribution in [2.75, 3.05) is 11.9 Å². The van der Waals surface area contributed by atoms with Crippen LogP contribution in [0.1, 0.15) is 0 Å². The van der Waals surface area contributed by atoms with Gasteiger partial charge in [-0.3, -0.25) is 14.2 Å². The molecule has 0 saturated heterocycles. The maximum absolute atomic E-state index is 11.8. The van der Waals surface area contributed by atoms with Crippen LogP contribution < -0.4 is 16.0 Å². The van der Waals surface area contributed by atoms with Gasteiger partial charge in [-0.25, -0.2) is 9.97 Å². The lowest BCUT2D eigenvalue weighted by Crippen LogP contribution is -2.40. The van der Waals surface area contributed by atoms with E-state index in [1.54, 1.807) is 11.9 Å². The van der Waals surface area contributed by atoms with Crippen LogP contribution in [-0.2, 0) is 7.05 Å². The minimum absolute atomic E-state index is 0.0703. The van der Waals surface area contributed by atoms with Crippen LogP contribution in [0, 0.1) is 0 Å². The van der Waals surface area contributed by atoms with Crippen LogP contribution in [0.15, 0.2) is 46.2 Å². The average Bonchev–Trinajstić information content (AvgIpc) is 2.57. The van der Waals surface area contributed by atoms with Crippen molar-refractivity contribution in [3.63, 3.8) is 0 Å². The smallest absolute Gasteiger partial charge is 0.349 e. The summed E-state index contributed by atoms with van der Waals surface area (Å²) in [6.45, 7) is 0. The van der Waals surface area contributed by atoms with Crippen LogP contribution in [0.2, 0.25) is 0 Å². The molecule has 0 bridgehead atoms. The molecular formula is C14H13N5O3. The third-order valence-electron chi connectivity index (χ3n) is 3.45. The van der Waals surface area contributed by atoms with Crippen LogP contribution in [0.4, 0.5) is 11.5 Å². The molecule has 2 heterocycles. The number of anilines is 2. The highest BCUT2D eigenvalue weighted by molar-refractivity contribution is 5.85. The second-order valence-electron chi connectivity index (χ2n) is 4.75. The molecule has 0 fully saturated rings. The van der Waals surface area contributed by atoms with Crippen molar-refractivity contribution in [3.05, 3.63) is 57.4 Å². The van der Waals surface area contributed by atoms with Crippen LogP contribution in [0.3, 0.4) is 0 Å². The highest BCUT2D eigenvalue weighted by atomic mass is 16.5. The summed E-state index contributed by atoms with van der Waals surface area (Å²) in [6, 6.07) is 9.31. The van der Waals surface area contributed by atoms with Crippen molar-refractivity contribution in [2.24, 2.45) is 7.05 Å². The molecule has 0 spiro atoms. The first kappa shape index (κ1) is 13.8. The topological polar surface area (TPSA) is 93.2 Å². The zero-order valence-electron chi connectivity index (χ0n) is 12.0. The fraction of sp³-hybridized carbons (Fsp3) is 0.143. The van der Waals surface area contributed by atoms with E-state index in [2.05, 4.69) is 9.97 Å². The van der Waals surface area contributed by atoms with Crippen molar-refractivity contribution in [3.8, 4) is 0 Å². The van der Waals surface area contributed by atoms with Crippen molar-refractivity contribution in [1.29, 1.82) is 0 Å². The molecule has 3 rings (SSSR count). The fourth-order valence-electron chi connectivity index (χ4n) is 2.25. The largest absolute Gasteiger partial charge is 0.424 e. The van der Waals surface area contributed by atoms with Gasteiger partial charge in [-0.1, -0.05) is 18.2 Å². The summed E-state index contributed by atoms with van der Waals surface area (Å²) >= 11 is 0. The molecule has 0 amide bonds.